The van der Waals surface area contributed by atoms with Crippen LogP contribution in [0.2, 0.25) is 0 Å². The Kier molecular flexibility index (Phi) is 6.31. The number of nitrogens with zero attached hydrogens (tertiary/aromatic N) is 2. The van der Waals surface area contributed by atoms with Gasteiger partial charge in [0.05, 0.1) is 6.54 Å². The van der Waals surface area contributed by atoms with Gasteiger partial charge in [-0.2, -0.15) is 0 Å². The van der Waals surface area contributed by atoms with Gasteiger partial charge in [-0.1, -0.05) is 24.3 Å². The summed E-state index contributed by atoms with van der Waals surface area (Å²) < 4.78 is 0. The molecular formula is C20H25N3O2. The van der Waals surface area contributed by atoms with E-state index in [1.807, 2.05) is 26.0 Å². The summed E-state index contributed by atoms with van der Waals surface area (Å²) in [6, 6.07) is 15.3. The van der Waals surface area contributed by atoms with Gasteiger partial charge in [0.1, 0.15) is 0 Å². The lowest BCUT2D eigenvalue weighted by molar-refractivity contribution is -0.117. The molecule has 5 nitrogen and oxygen atoms in total. The van der Waals surface area contributed by atoms with Crippen molar-refractivity contribution in [2.45, 2.75) is 13.5 Å². The summed E-state index contributed by atoms with van der Waals surface area (Å²) >= 11 is 0. The number of carbonyl (C=O) groups is 2. The average molecular weight is 339 g/mol. The van der Waals surface area contributed by atoms with Crippen LogP contribution in [0, 0.1) is 0 Å². The van der Waals surface area contributed by atoms with E-state index in [4.69, 9.17) is 0 Å². The number of nitrogens with one attached hydrogen (secondary N) is 1. The Bertz CT molecular complexity index is 739. The maximum absolute atomic E-state index is 12.2. The lowest BCUT2D eigenvalue weighted by atomic mass is 10.1. The highest BCUT2D eigenvalue weighted by Gasteiger charge is 2.09. The van der Waals surface area contributed by atoms with Crippen LogP contribution < -0.4 is 10.2 Å². The van der Waals surface area contributed by atoms with E-state index in [0.717, 1.165) is 11.3 Å². The van der Waals surface area contributed by atoms with Crippen molar-refractivity contribution in [2.24, 2.45) is 0 Å². The predicted molar refractivity (Wildman–Crippen MR) is 102 cm³/mol. The quantitative estimate of drug-likeness (QED) is 0.788. The molecule has 0 aliphatic rings. The number of rotatable bonds is 7. The molecule has 2 aromatic carbocycles. The van der Waals surface area contributed by atoms with Gasteiger partial charge in [0.25, 0.3) is 0 Å². The van der Waals surface area contributed by atoms with Gasteiger partial charge in [0, 0.05) is 37.6 Å². The third-order valence-electron chi connectivity index (χ3n) is 3.87. The zero-order valence-corrected chi connectivity index (χ0v) is 15.2. The molecule has 2 rings (SSSR count). The highest BCUT2D eigenvalue weighted by molar-refractivity contribution is 5.97. The number of ketones is 1. The molecule has 1 N–H and O–H groups in total. The van der Waals surface area contributed by atoms with Crippen molar-refractivity contribution in [1.82, 2.24) is 4.90 Å². The minimum Gasteiger partial charge on any atom is -0.378 e. The molecule has 0 heterocycles. The van der Waals surface area contributed by atoms with Crippen molar-refractivity contribution in [1.29, 1.82) is 0 Å². The van der Waals surface area contributed by atoms with Crippen molar-refractivity contribution in [3.05, 3.63) is 59.7 Å². The van der Waals surface area contributed by atoms with Crippen LogP contribution in [-0.4, -0.2) is 44.3 Å². The number of carbonyl (C=O) groups excluding carboxylic acids is 2. The lowest BCUT2D eigenvalue weighted by Gasteiger charge is -2.18. The topological polar surface area (TPSA) is 52.7 Å². The molecule has 0 aliphatic carbocycles. The van der Waals surface area contributed by atoms with Gasteiger partial charge in [0.2, 0.25) is 5.91 Å². The lowest BCUT2D eigenvalue weighted by Crippen LogP contribution is -2.29. The first-order valence-corrected chi connectivity index (χ1v) is 8.21. The molecule has 0 bridgehead atoms. The maximum atomic E-state index is 12.2. The van der Waals surface area contributed by atoms with Crippen molar-refractivity contribution in [3.8, 4) is 0 Å². The standard InChI is InChI=1S/C20H25N3O2/c1-15(24)17-6-5-7-18(12-17)21-20(25)14-23(4)13-16-8-10-19(11-9-16)22(2)3/h5-12H,13-14H2,1-4H3,(H,21,25). The first-order chi connectivity index (χ1) is 11.8. The van der Waals surface area contributed by atoms with Gasteiger partial charge in [-0.15, -0.1) is 0 Å². The largest absolute Gasteiger partial charge is 0.378 e. The van der Waals surface area contributed by atoms with Crippen LogP contribution in [0.1, 0.15) is 22.8 Å². The Balaban J connectivity index is 1.89. The smallest absolute Gasteiger partial charge is 0.238 e. The molecule has 0 saturated heterocycles. The molecule has 0 aromatic heterocycles. The summed E-state index contributed by atoms with van der Waals surface area (Å²) in [5, 5.41) is 2.84. The molecular weight excluding hydrogens is 314 g/mol. The summed E-state index contributed by atoms with van der Waals surface area (Å²) in [5.41, 5.74) is 3.53. The van der Waals surface area contributed by atoms with Crippen LogP contribution in [0.5, 0.6) is 0 Å². The minimum atomic E-state index is -0.104. The SMILES string of the molecule is CC(=O)c1cccc(NC(=O)CN(C)Cc2ccc(N(C)C)cc2)c1. The number of amides is 1. The van der Waals surface area contributed by atoms with E-state index < -0.39 is 0 Å². The monoisotopic (exact) mass is 339 g/mol. The number of Topliss-reactive ketones (excluding diaryl/α,β-unsaturated/α-hetero) is 1. The molecule has 5 heteroatoms. The zero-order chi connectivity index (χ0) is 18.4. The molecule has 0 unspecified atom stereocenters. The molecule has 132 valence electrons. The van der Waals surface area contributed by atoms with Crippen molar-refractivity contribution in [3.63, 3.8) is 0 Å². The van der Waals surface area contributed by atoms with E-state index in [1.54, 1.807) is 24.3 Å². The maximum Gasteiger partial charge on any atom is 0.238 e. The number of hydrogen-bond donors (Lipinski definition) is 1. The van der Waals surface area contributed by atoms with Crippen LogP contribution >= 0.6 is 0 Å². The Morgan fingerprint density at radius 2 is 1.68 bits per heavy atom. The third kappa shape index (κ3) is 5.72. The minimum absolute atomic E-state index is 0.0191. The number of benzene rings is 2. The number of anilines is 2. The summed E-state index contributed by atoms with van der Waals surface area (Å²) in [7, 11) is 5.92. The van der Waals surface area contributed by atoms with Gasteiger partial charge >= 0.3 is 0 Å². The second-order valence-electron chi connectivity index (χ2n) is 6.42. The summed E-state index contributed by atoms with van der Waals surface area (Å²) in [6.07, 6.45) is 0. The molecule has 0 spiro atoms. The highest BCUT2D eigenvalue weighted by Crippen LogP contribution is 2.14. The van der Waals surface area contributed by atoms with E-state index in [2.05, 4.69) is 34.5 Å². The average Bonchev–Trinajstić information content (AvgIpc) is 2.55. The summed E-state index contributed by atoms with van der Waals surface area (Å²) in [6.45, 7) is 2.48. The first-order valence-electron chi connectivity index (χ1n) is 8.21. The Labute approximate surface area is 149 Å². The van der Waals surface area contributed by atoms with Crippen LogP contribution in [-0.2, 0) is 11.3 Å². The fourth-order valence-electron chi connectivity index (χ4n) is 2.53. The van der Waals surface area contributed by atoms with E-state index in [0.29, 0.717) is 17.8 Å². The van der Waals surface area contributed by atoms with Gasteiger partial charge in [0.15, 0.2) is 5.78 Å². The van der Waals surface area contributed by atoms with Crippen LogP contribution in [0.3, 0.4) is 0 Å². The highest BCUT2D eigenvalue weighted by atomic mass is 16.2. The van der Waals surface area contributed by atoms with E-state index in [9.17, 15) is 9.59 Å². The fraction of sp³-hybridized carbons (Fsp3) is 0.300. The predicted octanol–water partition coefficient (Wildman–Crippen LogP) is 3.03. The fourth-order valence-corrected chi connectivity index (χ4v) is 2.53. The molecule has 0 fully saturated rings. The molecule has 1 amide bonds. The third-order valence-corrected chi connectivity index (χ3v) is 3.87. The Hall–Kier alpha value is -2.66. The van der Waals surface area contributed by atoms with Crippen molar-refractivity contribution < 1.29 is 9.59 Å². The van der Waals surface area contributed by atoms with E-state index in [-0.39, 0.29) is 18.2 Å². The molecule has 0 saturated carbocycles. The Morgan fingerprint density at radius 1 is 1.00 bits per heavy atom. The van der Waals surface area contributed by atoms with Crippen LogP contribution in [0.4, 0.5) is 11.4 Å². The number of hydrogen-bond acceptors (Lipinski definition) is 4. The second-order valence-corrected chi connectivity index (χ2v) is 6.42. The molecule has 0 atom stereocenters. The van der Waals surface area contributed by atoms with Gasteiger partial charge in [-0.3, -0.25) is 14.5 Å². The van der Waals surface area contributed by atoms with Gasteiger partial charge in [-0.05, 0) is 43.8 Å². The van der Waals surface area contributed by atoms with Crippen molar-refractivity contribution in [2.75, 3.05) is 37.9 Å². The molecule has 0 radical (unpaired) electrons. The summed E-state index contributed by atoms with van der Waals surface area (Å²) in [4.78, 5) is 27.6. The molecule has 2 aromatic rings. The zero-order valence-electron chi connectivity index (χ0n) is 15.2. The normalized spacial score (nSPS) is 10.6. The second kappa shape index (κ2) is 8.44. The first kappa shape index (κ1) is 18.7. The van der Waals surface area contributed by atoms with E-state index in [1.165, 1.54) is 6.92 Å². The Morgan fingerprint density at radius 3 is 2.28 bits per heavy atom. The van der Waals surface area contributed by atoms with Crippen LogP contribution in [0.25, 0.3) is 0 Å². The number of likely N-dealkylation sites (N-methyl/N-ethyl adjacent to an activating group) is 1. The van der Waals surface area contributed by atoms with E-state index >= 15 is 0 Å². The molecule has 25 heavy (non-hydrogen) atoms. The summed E-state index contributed by atoms with van der Waals surface area (Å²) in [5.74, 6) is -0.123. The van der Waals surface area contributed by atoms with Crippen LogP contribution in [0.15, 0.2) is 48.5 Å². The van der Waals surface area contributed by atoms with Gasteiger partial charge < -0.3 is 10.2 Å². The molecule has 0 aliphatic heterocycles. The van der Waals surface area contributed by atoms with Crippen molar-refractivity contribution >= 4 is 23.1 Å². The van der Waals surface area contributed by atoms with Gasteiger partial charge in [-0.25, -0.2) is 0 Å².